The van der Waals surface area contributed by atoms with Crippen LogP contribution in [0.3, 0.4) is 0 Å². The molecule has 0 spiro atoms. The fraction of sp³-hybridized carbons (Fsp3) is 0.333. The van der Waals surface area contributed by atoms with Crippen LogP contribution < -0.4 is 0 Å². The Bertz CT molecular complexity index is 512. The van der Waals surface area contributed by atoms with Gasteiger partial charge in [0.05, 0.1) is 0 Å². The van der Waals surface area contributed by atoms with E-state index in [9.17, 15) is 14.7 Å². The predicted octanol–water partition coefficient (Wildman–Crippen LogP) is 1.70. The minimum Gasteiger partial charge on any atom is -0.480 e. The monoisotopic (exact) mass is 275 g/mol. The molecule has 1 aliphatic rings. The van der Waals surface area contributed by atoms with Gasteiger partial charge in [-0.2, -0.15) is 0 Å². The van der Waals surface area contributed by atoms with Gasteiger partial charge in [-0.15, -0.1) is 0 Å². The van der Waals surface area contributed by atoms with Gasteiger partial charge in [0.15, 0.2) is 0 Å². The number of hydrogen-bond acceptors (Lipinski definition) is 3. The van der Waals surface area contributed by atoms with Crippen LogP contribution in [-0.2, 0) is 9.59 Å². The number of benzene rings is 1. The zero-order valence-electron chi connectivity index (χ0n) is 11.0. The predicted molar refractivity (Wildman–Crippen MR) is 74.3 cm³/mol. The molecule has 2 N–H and O–H groups in total. The van der Waals surface area contributed by atoms with E-state index in [1.807, 2.05) is 30.3 Å². The van der Waals surface area contributed by atoms with Crippen molar-refractivity contribution >= 4 is 18.0 Å². The lowest BCUT2D eigenvalue weighted by Gasteiger charge is -2.25. The molecule has 2 atom stereocenters. The number of hydrogen-bond donors (Lipinski definition) is 2. The van der Waals surface area contributed by atoms with Gasteiger partial charge in [0.1, 0.15) is 12.1 Å². The average Bonchev–Trinajstić information content (AvgIpc) is 2.89. The molecule has 1 aromatic carbocycles. The van der Waals surface area contributed by atoms with Crippen LogP contribution in [0.15, 0.2) is 36.4 Å². The minimum atomic E-state index is -1.02. The first-order valence-electron chi connectivity index (χ1n) is 6.54. The summed E-state index contributed by atoms with van der Waals surface area (Å²) in [6.45, 7) is 0.493. The van der Waals surface area contributed by atoms with Crippen molar-refractivity contribution in [3.05, 3.63) is 42.0 Å². The van der Waals surface area contributed by atoms with Crippen molar-refractivity contribution in [1.82, 2.24) is 4.90 Å². The summed E-state index contributed by atoms with van der Waals surface area (Å²) in [5.74, 6) is -1.98. The summed E-state index contributed by atoms with van der Waals surface area (Å²) < 4.78 is 0. The zero-order valence-corrected chi connectivity index (χ0v) is 11.0. The molecule has 1 aliphatic heterocycles. The summed E-state index contributed by atoms with van der Waals surface area (Å²) >= 11 is 0. The second-order valence-corrected chi connectivity index (χ2v) is 4.79. The zero-order chi connectivity index (χ0) is 14.5. The van der Waals surface area contributed by atoms with Crippen molar-refractivity contribution in [1.29, 1.82) is 0 Å². The smallest absolute Gasteiger partial charge is 0.324 e. The molecule has 2 rings (SSSR count). The van der Waals surface area contributed by atoms with Crippen LogP contribution in [0.25, 0.3) is 6.08 Å². The van der Waals surface area contributed by atoms with Gasteiger partial charge >= 0.3 is 11.9 Å². The molecule has 0 amide bonds. The Morgan fingerprint density at radius 2 is 1.95 bits per heavy atom. The maximum atomic E-state index is 11.4. The van der Waals surface area contributed by atoms with E-state index in [0.717, 1.165) is 5.56 Å². The first-order valence-corrected chi connectivity index (χ1v) is 6.54. The van der Waals surface area contributed by atoms with E-state index in [0.29, 0.717) is 19.4 Å². The molecule has 5 heteroatoms. The number of rotatable bonds is 5. The second kappa shape index (κ2) is 6.34. The van der Waals surface area contributed by atoms with Crippen LogP contribution >= 0.6 is 0 Å². The third-order valence-electron chi connectivity index (χ3n) is 3.46. The molecule has 0 bridgehead atoms. The molecule has 1 heterocycles. The lowest BCUT2D eigenvalue weighted by Crippen LogP contribution is -2.46. The molecule has 1 saturated heterocycles. The molecule has 0 aromatic heterocycles. The lowest BCUT2D eigenvalue weighted by molar-refractivity contribution is -0.147. The largest absolute Gasteiger partial charge is 0.480 e. The fourth-order valence-electron chi connectivity index (χ4n) is 2.49. The van der Waals surface area contributed by atoms with E-state index in [2.05, 4.69) is 0 Å². The SMILES string of the molecule is O=C(O)C(/C=C/c1ccccc1)N1CCC[C@H]1C(=O)O. The van der Waals surface area contributed by atoms with Gasteiger partial charge in [-0.25, -0.2) is 0 Å². The van der Waals surface area contributed by atoms with Crippen molar-refractivity contribution in [2.24, 2.45) is 0 Å². The number of carbonyl (C=O) groups is 2. The van der Waals surface area contributed by atoms with E-state index >= 15 is 0 Å². The highest BCUT2D eigenvalue weighted by Gasteiger charge is 2.37. The third-order valence-corrected chi connectivity index (χ3v) is 3.46. The van der Waals surface area contributed by atoms with E-state index < -0.39 is 24.0 Å². The van der Waals surface area contributed by atoms with Gasteiger partial charge in [-0.05, 0) is 18.4 Å². The number of aliphatic carboxylic acids is 2. The summed E-state index contributed by atoms with van der Waals surface area (Å²) in [5.41, 5.74) is 0.893. The van der Waals surface area contributed by atoms with E-state index in [-0.39, 0.29) is 0 Å². The van der Waals surface area contributed by atoms with Crippen LogP contribution in [0.4, 0.5) is 0 Å². The molecule has 1 fully saturated rings. The topological polar surface area (TPSA) is 77.8 Å². The second-order valence-electron chi connectivity index (χ2n) is 4.79. The number of carboxylic acid groups (broad SMARTS) is 2. The van der Waals surface area contributed by atoms with Gasteiger partial charge in [-0.3, -0.25) is 14.5 Å². The van der Waals surface area contributed by atoms with E-state index in [1.54, 1.807) is 12.2 Å². The highest BCUT2D eigenvalue weighted by atomic mass is 16.4. The van der Waals surface area contributed by atoms with Crippen LogP contribution in [-0.4, -0.2) is 45.7 Å². The van der Waals surface area contributed by atoms with Crippen molar-refractivity contribution in [2.75, 3.05) is 6.54 Å². The summed E-state index contributed by atoms with van der Waals surface area (Å²) in [5, 5.41) is 18.5. The Hall–Kier alpha value is -2.14. The minimum absolute atomic E-state index is 0.493. The number of nitrogens with zero attached hydrogens (tertiary/aromatic N) is 1. The van der Waals surface area contributed by atoms with Gasteiger partial charge in [0.25, 0.3) is 0 Å². The Morgan fingerprint density at radius 1 is 1.25 bits per heavy atom. The number of carboxylic acids is 2. The molecule has 0 aliphatic carbocycles. The maximum Gasteiger partial charge on any atom is 0.324 e. The van der Waals surface area contributed by atoms with Crippen LogP contribution in [0.5, 0.6) is 0 Å². The summed E-state index contributed by atoms with van der Waals surface area (Å²) in [6, 6.07) is 7.74. The van der Waals surface area contributed by atoms with Gasteiger partial charge < -0.3 is 10.2 Å². The van der Waals surface area contributed by atoms with Crippen LogP contribution in [0, 0.1) is 0 Å². The van der Waals surface area contributed by atoms with Gasteiger partial charge in [-0.1, -0.05) is 42.5 Å². The summed E-state index contributed by atoms with van der Waals surface area (Å²) in [4.78, 5) is 24.1. The molecule has 20 heavy (non-hydrogen) atoms. The highest BCUT2D eigenvalue weighted by molar-refractivity contribution is 5.80. The van der Waals surface area contributed by atoms with Gasteiger partial charge in [0, 0.05) is 6.54 Å². The third kappa shape index (κ3) is 3.24. The lowest BCUT2D eigenvalue weighted by atomic mass is 10.1. The van der Waals surface area contributed by atoms with Crippen molar-refractivity contribution in [3.8, 4) is 0 Å². The summed E-state index contributed by atoms with van der Waals surface area (Å²) in [6.07, 6.45) is 4.48. The van der Waals surface area contributed by atoms with Gasteiger partial charge in [0.2, 0.25) is 0 Å². The first kappa shape index (κ1) is 14.3. The Morgan fingerprint density at radius 3 is 2.55 bits per heavy atom. The van der Waals surface area contributed by atoms with Crippen molar-refractivity contribution in [3.63, 3.8) is 0 Å². The molecular formula is C15H17NO4. The molecule has 0 saturated carbocycles. The Balaban J connectivity index is 2.17. The highest BCUT2D eigenvalue weighted by Crippen LogP contribution is 2.21. The summed E-state index contributed by atoms with van der Waals surface area (Å²) in [7, 11) is 0. The standard InChI is InChI=1S/C15H17NO4/c17-14(18)12-7-4-10-16(12)13(15(19)20)9-8-11-5-2-1-3-6-11/h1-3,5-6,8-9,12-13H,4,7,10H2,(H,17,18)(H,19,20)/b9-8+/t12-,13?/m0/s1. The number of likely N-dealkylation sites (tertiary alicyclic amines) is 1. The van der Waals surface area contributed by atoms with E-state index in [4.69, 9.17) is 5.11 Å². The average molecular weight is 275 g/mol. The van der Waals surface area contributed by atoms with Crippen LogP contribution in [0.2, 0.25) is 0 Å². The molecule has 0 radical (unpaired) electrons. The van der Waals surface area contributed by atoms with Crippen molar-refractivity contribution < 1.29 is 19.8 Å². The molecular weight excluding hydrogens is 258 g/mol. The van der Waals surface area contributed by atoms with Crippen molar-refractivity contribution in [2.45, 2.75) is 24.9 Å². The van der Waals surface area contributed by atoms with Crippen LogP contribution in [0.1, 0.15) is 18.4 Å². The Labute approximate surface area is 117 Å². The first-order chi connectivity index (χ1) is 9.59. The normalized spacial score (nSPS) is 21.1. The molecule has 106 valence electrons. The molecule has 1 unspecified atom stereocenters. The molecule has 5 nitrogen and oxygen atoms in total. The maximum absolute atomic E-state index is 11.4. The van der Waals surface area contributed by atoms with E-state index in [1.165, 1.54) is 4.90 Å². The fourth-order valence-corrected chi connectivity index (χ4v) is 2.49. The molecule has 1 aromatic rings. The quantitative estimate of drug-likeness (QED) is 0.855. The Kier molecular flexibility index (Phi) is 4.53.